The molecule has 0 radical (unpaired) electrons. The average Bonchev–Trinajstić information content (AvgIpc) is 2.49. The van der Waals surface area contributed by atoms with Gasteiger partial charge in [0.2, 0.25) is 0 Å². The van der Waals surface area contributed by atoms with E-state index in [1.165, 1.54) is 7.05 Å². The maximum Gasteiger partial charge on any atom is 0.403 e. The van der Waals surface area contributed by atoms with E-state index in [0.29, 0.717) is 0 Å². The summed E-state index contributed by atoms with van der Waals surface area (Å²) in [5, 5.41) is 2.34. The summed E-state index contributed by atoms with van der Waals surface area (Å²) < 4.78 is 36.9. The van der Waals surface area contributed by atoms with Crippen LogP contribution in [-0.4, -0.2) is 19.3 Å². The lowest BCUT2D eigenvalue weighted by molar-refractivity contribution is -0.158. The number of nitrogens with one attached hydrogen (secondary N) is 1. The Hall–Kier alpha value is -0.250. The Kier molecular flexibility index (Phi) is 3.59. The van der Waals surface area contributed by atoms with Crippen LogP contribution in [0.4, 0.5) is 13.2 Å². The molecule has 0 aromatic heterocycles. The molecule has 0 heterocycles. The van der Waals surface area contributed by atoms with E-state index < -0.39 is 12.2 Å². The summed E-state index contributed by atoms with van der Waals surface area (Å²) >= 11 is 0. The van der Waals surface area contributed by atoms with Gasteiger partial charge in [-0.05, 0) is 19.4 Å². The van der Waals surface area contributed by atoms with Crippen LogP contribution in [0.5, 0.6) is 0 Å². The highest BCUT2D eigenvalue weighted by Gasteiger charge is 2.39. The van der Waals surface area contributed by atoms with E-state index >= 15 is 0 Å². The first-order valence-electron chi connectivity index (χ1n) is 4.78. The first-order valence-corrected chi connectivity index (χ1v) is 4.78. The zero-order chi connectivity index (χ0) is 9.90. The van der Waals surface area contributed by atoms with Crippen LogP contribution in [0.3, 0.4) is 0 Å². The number of hydrogen-bond donors (Lipinski definition) is 1. The zero-order valence-electron chi connectivity index (χ0n) is 7.82. The van der Waals surface area contributed by atoms with Crippen molar-refractivity contribution in [3.63, 3.8) is 0 Å². The zero-order valence-corrected chi connectivity index (χ0v) is 7.82. The largest absolute Gasteiger partial charge is 0.403 e. The molecule has 0 spiro atoms. The number of alkyl halides is 3. The van der Waals surface area contributed by atoms with Crippen LogP contribution < -0.4 is 5.32 Å². The van der Waals surface area contributed by atoms with E-state index in [1.807, 2.05) is 0 Å². The number of halogens is 3. The van der Waals surface area contributed by atoms with Crippen molar-refractivity contribution in [3.05, 3.63) is 0 Å². The van der Waals surface area contributed by atoms with Crippen LogP contribution in [0.15, 0.2) is 0 Å². The molecule has 1 atom stereocenters. The average molecular weight is 195 g/mol. The minimum absolute atomic E-state index is 0.250. The fraction of sp³-hybridized carbons (Fsp3) is 1.00. The van der Waals surface area contributed by atoms with Crippen LogP contribution >= 0.6 is 0 Å². The second-order valence-electron chi connectivity index (χ2n) is 3.77. The minimum atomic E-state index is -4.09. The molecule has 1 fully saturated rings. The second kappa shape index (κ2) is 4.31. The van der Waals surface area contributed by atoms with Gasteiger partial charge in [-0.25, -0.2) is 0 Å². The SMILES string of the molecule is CNC(CC1CCCC1)C(F)(F)F. The summed E-state index contributed by atoms with van der Waals surface area (Å²) in [6.45, 7) is 0. The fourth-order valence-corrected chi connectivity index (χ4v) is 1.99. The molecule has 1 nitrogen and oxygen atoms in total. The molecule has 0 bridgehead atoms. The van der Waals surface area contributed by atoms with E-state index in [1.54, 1.807) is 0 Å². The fourth-order valence-electron chi connectivity index (χ4n) is 1.99. The molecule has 78 valence electrons. The summed E-state index contributed by atoms with van der Waals surface area (Å²) in [6.07, 6.45) is 0.289. The van der Waals surface area contributed by atoms with E-state index in [2.05, 4.69) is 5.32 Å². The summed E-state index contributed by atoms with van der Waals surface area (Å²) in [4.78, 5) is 0. The Morgan fingerprint density at radius 2 is 1.85 bits per heavy atom. The van der Waals surface area contributed by atoms with Crippen molar-refractivity contribution in [2.75, 3.05) is 7.05 Å². The molecule has 0 saturated heterocycles. The van der Waals surface area contributed by atoms with Crippen molar-refractivity contribution in [1.29, 1.82) is 0 Å². The van der Waals surface area contributed by atoms with E-state index in [9.17, 15) is 13.2 Å². The van der Waals surface area contributed by atoms with Gasteiger partial charge in [-0.3, -0.25) is 0 Å². The highest BCUT2D eigenvalue weighted by Crippen LogP contribution is 2.33. The van der Waals surface area contributed by atoms with Gasteiger partial charge in [0.15, 0.2) is 0 Å². The molecular weight excluding hydrogens is 179 g/mol. The third kappa shape index (κ3) is 3.18. The quantitative estimate of drug-likeness (QED) is 0.730. The van der Waals surface area contributed by atoms with E-state index in [-0.39, 0.29) is 12.3 Å². The summed E-state index contributed by atoms with van der Waals surface area (Å²) in [6, 6.07) is -1.31. The summed E-state index contributed by atoms with van der Waals surface area (Å²) in [7, 11) is 1.38. The van der Waals surface area contributed by atoms with Gasteiger partial charge in [0.05, 0.1) is 0 Å². The maximum absolute atomic E-state index is 12.3. The van der Waals surface area contributed by atoms with Gasteiger partial charge >= 0.3 is 6.18 Å². The van der Waals surface area contributed by atoms with Crippen LogP contribution in [0.1, 0.15) is 32.1 Å². The van der Waals surface area contributed by atoms with Crippen molar-refractivity contribution in [2.24, 2.45) is 5.92 Å². The molecule has 0 aromatic rings. The molecule has 4 heteroatoms. The Bertz CT molecular complexity index is 149. The molecule has 0 aromatic carbocycles. The molecule has 0 amide bonds. The van der Waals surface area contributed by atoms with Crippen LogP contribution in [0.2, 0.25) is 0 Å². The summed E-state index contributed by atoms with van der Waals surface area (Å²) in [5.41, 5.74) is 0. The van der Waals surface area contributed by atoms with Crippen LogP contribution in [0, 0.1) is 5.92 Å². The van der Waals surface area contributed by atoms with Crippen molar-refractivity contribution >= 4 is 0 Å². The molecule has 1 aliphatic carbocycles. The molecule has 1 rings (SSSR count). The predicted octanol–water partition coefficient (Wildman–Crippen LogP) is 2.72. The minimum Gasteiger partial charge on any atom is -0.309 e. The molecule has 0 aliphatic heterocycles. The third-order valence-corrected chi connectivity index (χ3v) is 2.79. The lowest BCUT2D eigenvalue weighted by Crippen LogP contribution is -2.41. The highest BCUT2D eigenvalue weighted by molar-refractivity contribution is 4.79. The van der Waals surface area contributed by atoms with Gasteiger partial charge < -0.3 is 5.32 Å². The predicted molar refractivity (Wildman–Crippen MR) is 45.5 cm³/mol. The molecule has 13 heavy (non-hydrogen) atoms. The van der Waals surface area contributed by atoms with Gasteiger partial charge in [0, 0.05) is 0 Å². The van der Waals surface area contributed by atoms with Crippen LogP contribution in [-0.2, 0) is 0 Å². The normalized spacial score (nSPS) is 22.2. The van der Waals surface area contributed by atoms with Gasteiger partial charge in [-0.2, -0.15) is 13.2 Å². The number of hydrogen-bond acceptors (Lipinski definition) is 1. The monoisotopic (exact) mass is 195 g/mol. The standard InChI is InChI=1S/C9H16F3N/c1-13-8(9(10,11)12)6-7-4-2-3-5-7/h7-8,13H,2-6H2,1H3. The maximum atomic E-state index is 12.3. The number of rotatable bonds is 3. The van der Waals surface area contributed by atoms with Gasteiger partial charge in [-0.15, -0.1) is 0 Å². The first-order chi connectivity index (χ1) is 6.04. The van der Waals surface area contributed by atoms with Gasteiger partial charge in [0.1, 0.15) is 6.04 Å². The highest BCUT2D eigenvalue weighted by atomic mass is 19.4. The van der Waals surface area contributed by atoms with Gasteiger partial charge in [-0.1, -0.05) is 25.7 Å². The molecule has 1 unspecified atom stereocenters. The van der Waals surface area contributed by atoms with Gasteiger partial charge in [0.25, 0.3) is 0 Å². The van der Waals surface area contributed by atoms with Crippen molar-refractivity contribution in [3.8, 4) is 0 Å². The Balaban J connectivity index is 2.39. The smallest absolute Gasteiger partial charge is 0.309 e. The summed E-state index contributed by atoms with van der Waals surface area (Å²) in [5.74, 6) is 0.277. The van der Waals surface area contributed by atoms with Crippen molar-refractivity contribution in [2.45, 2.75) is 44.3 Å². The molecule has 1 N–H and O–H groups in total. The lowest BCUT2D eigenvalue weighted by atomic mass is 9.98. The Morgan fingerprint density at radius 3 is 2.23 bits per heavy atom. The van der Waals surface area contributed by atoms with E-state index in [4.69, 9.17) is 0 Å². The Labute approximate surface area is 76.7 Å². The molecule has 1 aliphatic rings. The lowest BCUT2D eigenvalue weighted by Gasteiger charge is -2.22. The van der Waals surface area contributed by atoms with Crippen molar-refractivity contribution < 1.29 is 13.2 Å². The first kappa shape index (κ1) is 10.8. The molecular formula is C9H16F3N. The second-order valence-corrected chi connectivity index (χ2v) is 3.77. The Morgan fingerprint density at radius 1 is 1.31 bits per heavy atom. The molecule has 1 saturated carbocycles. The van der Waals surface area contributed by atoms with E-state index in [0.717, 1.165) is 25.7 Å². The van der Waals surface area contributed by atoms with Crippen LogP contribution in [0.25, 0.3) is 0 Å². The van der Waals surface area contributed by atoms with Crippen molar-refractivity contribution in [1.82, 2.24) is 5.32 Å². The topological polar surface area (TPSA) is 12.0 Å². The third-order valence-electron chi connectivity index (χ3n) is 2.79.